The van der Waals surface area contributed by atoms with E-state index < -0.39 is 0 Å². The summed E-state index contributed by atoms with van der Waals surface area (Å²) in [6, 6.07) is 14.6. The number of ether oxygens (including phenoxy) is 1. The van der Waals surface area contributed by atoms with Gasteiger partial charge in [-0.1, -0.05) is 18.2 Å². The number of hydrogen-bond donors (Lipinski definition) is 1. The molecular weight excluding hydrogens is 416 g/mol. The minimum atomic E-state index is -0.385. The van der Waals surface area contributed by atoms with E-state index in [0.29, 0.717) is 13.1 Å². The van der Waals surface area contributed by atoms with E-state index in [2.05, 4.69) is 47.2 Å². The molecule has 33 heavy (non-hydrogen) atoms. The minimum absolute atomic E-state index is 0.0974. The summed E-state index contributed by atoms with van der Waals surface area (Å²) in [6.07, 6.45) is 1.27. The van der Waals surface area contributed by atoms with E-state index in [1.807, 2.05) is 29.2 Å². The van der Waals surface area contributed by atoms with Crippen LogP contribution in [0.4, 0.5) is 16.2 Å². The topological polar surface area (TPSA) is 65.1 Å². The Labute approximate surface area is 196 Å². The predicted molar refractivity (Wildman–Crippen MR) is 131 cm³/mol. The number of aryl methyl sites for hydroxylation is 2. The van der Waals surface area contributed by atoms with Crippen LogP contribution in [-0.2, 0) is 4.74 Å². The average Bonchev–Trinajstić information content (AvgIpc) is 2.86. The number of carbonyl (C=O) groups excluding carboxylic acids is 2. The van der Waals surface area contributed by atoms with Gasteiger partial charge in [-0.05, 0) is 62.1 Å². The third-order valence-electron chi connectivity index (χ3n) is 6.90. The highest BCUT2D eigenvalue weighted by Gasteiger charge is 2.27. The molecule has 2 aliphatic rings. The van der Waals surface area contributed by atoms with Gasteiger partial charge in [0.15, 0.2) is 0 Å². The highest BCUT2D eigenvalue weighted by atomic mass is 16.5. The third kappa shape index (κ3) is 5.24. The molecule has 0 unspecified atom stereocenters. The van der Waals surface area contributed by atoms with Gasteiger partial charge >= 0.3 is 6.09 Å². The Morgan fingerprint density at radius 2 is 1.58 bits per heavy atom. The summed E-state index contributed by atoms with van der Waals surface area (Å²) in [7, 11) is 1.38. The molecule has 1 N–H and O–H groups in total. The number of anilines is 2. The van der Waals surface area contributed by atoms with Gasteiger partial charge in [-0.2, -0.15) is 0 Å². The number of methoxy groups -OCH3 is 1. The molecule has 0 aromatic heterocycles. The zero-order valence-corrected chi connectivity index (χ0v) is 19.8. The van der Waals surface area contributed by atoms with Gasteiger partial charge in [0.25, 0.3) is 5.91 Å². The molecule has 0 bridgehead atoms. The molecule has 0 saturated carbocycles. The van der Waals surface area contributed by atoms with Crippen molar-refractivity contribution in [2.45, 2.75) is 32.7 Å². The molecule has 2 saturated heterocycles. The van der Waals surface area contributed by atoms with Crippen LogP contribution in [0, 0.1) is 13.8 Å². The number of amides is 2. The van der Waals surface area contributed by atoms with Gasteiger partial charge < -0.3 is 24.8 Å². The normalized spacial score (nSPS) is 17.1. The van der Waals surface area contributed by atoms with Crippen LogP contribution in [0.2, 0.25) is 0 Å². The zero-order chi connectivity index (χ0) is 23.4. The van der Waals surface area contributed by atoms with Gasteiger partial charge in [0.2, 0.25) is 0 Å². The lowest BCUT2D eigenvalue weighted by molar-refractivity contribution is 0.0747. The summed E-state index contributed by atoms with van der Waals surface area (Å²) in [6.45, 7) is 8.95. The van der Waals surface area contributed by atoms with Crippen LogP contribution in [0.3, 0.4) is 0 Å². The fraction of sp³-hybridized carbons (Fsp3) is 0.462. The largest absolute Gasteiger partial charge is 0.453 e. The Morgan fingerprint density at radius 1 is 0.879 bits per heavy atom. The number of nitrogens with zero attached hydrogens (tertiary/aromatic N) is 3. The SMILES string of the molecule is COC(=O)NC1CCN(c2ccccc2C(=O)N2CCN(c3ccc(C)c(C)c3)CC2)CC1. The molecule has 2 aliphatic heterocycles. The van der Waals surface area contributed by atoms with Crippen molar-refractivity contribution in [1.29, 1.82) is 0 Å². The smallest absolute Gasteiger partial charge is 0.407 e. The van der Waals surface area contributed by atoms with Crippen molar-refractivity contribution in [3.05, 3.63) is 59.2 Å². The van der Waals surface area contributed by atoms with Gasteiger partial charge in [-0.15, -0.1) is 0 Å². The lowest BCUT2D eigenvalue weighted by Crippen LogP contribution is -2.49. The Kier molecular flexibility index (Phi) is 7.06. The molecule has 2 heterocycles. The first kappa shape index (κ1) is 23.0. The van der Waals surface area contributed by atoms with E-state index >= 15 is 0 Å². The van der Waals surface area contributed by atoms with Crippen molar-refractivity contribution in [3.63, 3.8) is 0 Å². The second-order valence-corrected chi connectivity index (χ2v) is 8.96. The molecule has 0 aliphatic carbocycles. The molecule has 0 atom stereocenters. The molecule has 2 fully saturated rings. The maximum Gasteiger partial charge on any atom is 0.407 e. The first-order chi connectivity index (χ1) is 16.0. The van der Waals surface area contributed by atoms with Crippen molar-refractivity contribution >= 4 is 23.4 Å². The van der Waals surface area contributed by atoms with Gasteiger partial charge in [-0.25, -0.2) is 4.79 Å². The Hall–Kier alpha value is -3.22. The standard InChI is InChI=1S/C26H34N4O3/c1-19-8-9-22(18-20(19)2)28-14-16-30(17-15-28)25(31)23-6-4-5-7-24(23)29-12-10-21(11-13-29)27-26(32)33-3/h4-9,18,21H,10-17H2,1-3H3,(H,27,32). The molecule has 176 valence electrons. The maximum absolute atomic E-state index is 13.5. The molecule has 7 heteroatoms. The third-order valence-corrected chi connectivity index (χ3v) is 6.90. The summed E-state index contributed by atoms with van der Waals surface area (Å²) in [5.74, 6) is 0.0974. The first-order valence-corrected chi connectivity index (χ1v) is 11.8. The quantitative estimate of drug-likeness (QED) is 0.771. The number of nitrogens with one attached hydrogen (secondary N) is 1. The van der Waals surface area contributed by atoms with Crippen LogP contribution < -0.4 is 15.1 Å². The van der Waals surface area contributed by atoms with Crippen molar-refractivity contribution in [1.82, 2.24) is 10.2 Å². The Morgan fingerprint density at radius 3 is 2.24 bits per heavy atom. The van der Waals surface area contributed by atoms with Crippen LogP contribution in [0.15, 0.2) is 42.5 Å². The Balaban J connectivity index is 1.39. The van der Waals surface area contributed by atoms with E-state index in [9.17, 15) is 9.59 Å². The van der Waals surface area contributed by atoms with Gasteiger partial charge in [0.1, 0.15) is 0 Å². The highest BCUT2D eigenvalue weighted by Crippen LogP contribution is 2.27. The van der Waals surface area contributed by atoms with Crippen LogP contribution in [0.1, 0.15) is 34.3 Å². The van der Waals surface area contributed by atoms with E-state index in [-0.39, 0.29) is 18.0 Å². The second-order valence-electron chi connectivity index (χ2n) is 8.96. The number of rotatable bonds is 4. The number of carbonyl (C=O) groups is 2. The highest BCUT2D eigenvalue weighted by molar-refractivity contribution is 6.00. The number of para-hydroxylation sites is 1. The molecule has 2 amide bonds. The Bertz CT molecular complexity index is 993. The lowest BCUT2D eigenvalue weighted by Gasteiger charge is -2.38. The number of hydrogen-bond acceptors (Lipinski definition) is 5. The average molecular weight is 451 g/mol. The first-order valence-electron chi connectivity index (χ1n) is 11.8. The molecule has 7 nitrogen and oxygen atoms in total. The summed E-state index contributed by atoms with van der Waals surface area (Å²) in [4.78, 5) is 31.6. The van der Waals surface area contributed by atoms with Crippen molar-refractivity contribution < 1.29 is 14.3 Å². The zero-order valence-electron chi connectivity index (χ0n) is 19.8. The molecule has 2 aromatic rings. The predicted octanol–water partition coefficient (Wildman–Crippen LogP) is 3.59. The van der Waals surface area contributed by atoms with Crippen molar-refractivity contribution in [3.8, 4) is 0 Å². The minimum Gasteiger partial charge on any atom is -0.453 e. The summed E-state index contributed by atoms with van der Waals surface area (Å²) < 4.78 is 4.71. The van der Waals surface area contributed by atoms with Gasteiger partial charge in [-0.3, -0.25) is 4.79 Å². The summed E-state index contributed by atoms with van der Waals surface area (Å²) >= 11 is 0. The van der Waals surface area contributed by atoms with E-state index in [1.54, 1.807) is 0 Å². The maximum atomic E-state index is 13.5. The van der Waals surface area contributed by atoms with Crippen LogP contribution in [-0.4, -0.2) is 69.3 Å². The second kappa shape index (κ2) is 10.1. The summed E-state index contributed by atoms with van der Waals surface area (Å²) in [5.41, 5.74) is 5.57. The van der Waals surface area contributed by atoms with Crippen molar-refractivity contribution in [2.75, 3.05) is 56.2 Å². The number of alkyl carbamates (subject to hydrolysis) is 1. The molecular formula is C26H34N4O3. The number of benzene rings is 2. The van der Waals surface area contributed by atoms with E-state index in [0.717, 1.165) is 50.3 Å². The lowest BCUT2D eigenvalue weighted by atomic mass is 10.0. The van der Waals surface area contributed by atoms with Gasteiger partial charge in [0, 0.05) is 56.7 Å². The summed E-state index contributed by atoms with van der Waals surface area (Å²) in [5, 5.41) is 2.89. The fourth-order valence-electron chi connectivity index (χ4n) is 4.68. The number of piperazine rings is 1. The van der Waals surface area contributed by atoms with Crippen LogP contribution in [0.5, 0.6) is 0 Å². The molecule has 0 radical (unpaired) electrons. The molecule has 2 aromatic carbocycles. The van der Waals surface area contributed by atoms with E-state index in [1.165, 1.54) is 23.9 Å². The van der Waals surface area contributed by atoms with Gasteiger partial charge in [0.05, 0.1) is 12.7 Å². The van der Waals surface area contributed by atoms with Crippen LogP contribution in [0.25, 0.3) is 0 Å². The number of piperidine rings is 1. The van der Waals surface area contributed by atoms with E-state index in [4.69, 9.17) is 4.74 Å². The van der Waals surface area contributed by atoms with Crippen LogP contribution >= 0.6 is 0 Å². The molecule has 0 spiro atoms. The fourth-order valence-corrected chi connectivity index (χ4v) is 4.68. The molecule has 4 rings (SSSR count). The monoisotopic (exact) mass is 450 g/mol. The van der Waals surface area contributed by atoms with Crippen molar-refractivity contribution in [2.24, 2.45) is 0 Å².